The average Bonchev–Trinajstić information content (AvgIpc) is 3.02. The van der Waals surface area contributed by atoms with Gasteiger partial charge in [-0.3, -0.25) is 9.59 Å². The van der Waals surface area contributed by atoms with E-state index in [4.69, 9.17) is 11.6 Å². The lowest BCUT2D eigenvalue weighted by Crippen LogP contribution is -2.37. The minimum absolute atomic E-state index is 0.137. The van der Waals surface area contributed by atoms with Crippen LogP contribution in [0, 0.1) is 6.92 Å². The minimum Gasteiger partial charge on any atom is -0.324 e. The number of carbonyl (C=O) groups is 2. The molecule has 4 rings (SSSR count). The molecule has 28 heavy (non-hydrogen) atoms. The molecule has 0 aromatic heterocycles. The molecule has 3 aromatic rings. The molecule has 0 saturated heterocycles. The number of anilines is 1. The van der Waals surface area contributed by atoms with Crippen LogP contribution in [0.5, 0.6) is 0 Å². The molecular formula is C23H19ClN2O2. The van der Waals surface area contributed by atoms with E-state index < -0.39 is 6.04 Å². The lowest BCUT2D eigenvalue weighted by Gasteiger charge is -2.27. The van der Waals surface area contributed by atoms with Crippen molar-refractivity contribution in [3.05, 3.63) is 100 Å². The summed E-state index contributed by atoms with van der Waals surface area (Å²) in [6.45, 7) is 2.30. The summed E-state index contributed by atoms with van der Waals surface area (Å²) in [6.07, 6.45) is 0. The first-order chi connectivity index (χ1) is 13.5. The second-order valence-corrected chi connectivity index (χ2v) is 7.26. The van der Waals surface area contributed by atoms with Crippen molar-refractivity contribution in [3.8, 4) is 0 Å². The number of fused-ring (bicyclic) bond motifs is 1. The highest BCUT2D eigenvalue weighted by Gasteiger charge is 2.37. The fourth-order valence-corrected chi connectivity index (χ4v) is 3.66. The zero-order chi connectivity index (χ0) is 19.7. The van der Waals surface area contributed by atoms with Crippen molar-refractivity contribution in [2.75, 3.05) is 5.32 Å². The van der Waals surface area contributed by atoms with Gasteiger partial charge >= 0.3 is 0 Å². The zero-order valence-electron chi connectivity index (χ0n) is 15.4. The number of halogens is 1. The molecule has 0 saturated carbocycles. The highest BCUT2D eigenvalue weighted by Crippen LogP contribution is 2.32. The lowest BCUT2D eigenvalue weighted by molar-refractivity contribution is -0.120. The summed E-state index contributed by atoms with van der Waals surface area (Å²) in [5.41, 5.74) is 3.88. The van der Waals surface area contributed by atoms with Crippen LogP contribution in [0.4, 0.5) is 5.69 Å². The Balaban J connectivity index is 1.68. The summed E-state index contributed by atoms with van der Waals surface area (Å²) in [7, 11) is 0. The Labute approximate surface area is 168 Å². The summed E-state index contributed by atoms with van der Waals surface area (Å²) in [5, 5.41) is 3.50. The van der Waals surface area contributed by atoms with Gasteiger partial charge in [-0.15, -0.1) is 0 Å². The largest absolute Gasteiger partial charge is 0.324 e. The Bertz CT molecular complexity index is 1050. The van der Waals surface area contributed by atoms with E-state index in [1.54, 1.807) is 17.0 Å². The number of hydrogen-bond acceptors (Lipinski definition) is 2. The van der Waals surface area contributed by atoms with Crippen molar-refractivity contribution < 1.29 is 9.59 Å². The number of rotatable bonds is 4. The van der Waals surface area contributed by atoms with Crippen LogP contribution >= 0.6 is 11.6 Å². The van der Waals surface area contributed by atoms with Gasteiger partial charge in [-0.25, -0.2) is 0 Å². The van der Waals surface area contributed by atoms with Crippen molar-refractivity contribution >= 4 is 29.1 Å². The Morgan fingerprint density at radius 1 is 1.04 bits per heavy atom. The van der Waals surface area contributed by atoms with Gasteiger partial charge in [-0.2, -0.15) is 0 Å². The van der Waals surface area contributed by atoms with E-state index >= 15 is 0 Å². The zero-order valence-corrected chi connectivity index (χ0v) is 16.1. The third kappa shape index (κ3) is 3.39. The summed E-state index contributed by atoms with van der Waals surface area (Å²) in [4.78, 5) is 27.9. The van der Waals surface area contributed by atoms with E-state index in [1.807, 2.05) is 67.6 Å². The first-order valence-electron chi connectivity index (χ1n) is 9.05. The standard InChI is InChI=1S/C23H19ClN2O2/c1-15-11-12-18(13-20(15)24)25-22(27)21(16-7-3-2-4-8-16)26-14-17-9-5-6-10-19(17)23(26)28/h2-13,21H,14H2,1H3,(H,25,27)/t21-/m1/s1. The van der Waals surface area contributed by atoms with Gasteiger partial charge in [0.1, 0.15) is 6.04 Å². The Kier molecular flexibility index (Phi) is 4.88. The molecule has 0 bridgehead atoms. The first-order valence-corrected chi connectivity index (χ1v) is 9.43. The maximum atomic E-state index is 13.2. The highest BCUT2D eigenvalue weighted by atomic mass is 35.5. The first kappa shape index (κ1) is 18.3. The average molecular weight is 391 g/mol. The van der Waals surface area contributed by atoms with Crippen LogP contribution in [0.3, 0.4) is 0 Å². The van der Waals surface area contributed by atoms with E-state index in [1.165, 1.54) is 0 Å². The van der Waals surface area contributed by atoms with Crippen LogP contribution in [0.15, 0.2) is 72.8 Å². The van der Waals surface area contributed by atoms with Crippen molar-refractivity contribution in [2.45, 2.75) is 19.5 Å². The van der Waals surface area contributed by atoms with Gasteiger partial charge in [0.25, 0.3) is 11.8 Å². The van der Waals surface area contributed by atoms with E-state index in [2.05, 4.69) is 5.32 Å². The monoisotopic (exact) mass is 390 g/mol. The number of carbonyl (C=O) groups excluding carboxylic acids is 2. The number of nitrogens with one attached hydrogen (secondary N) is 1. The van der Waals surface area contributed by atoms with Crippen LogP contribution in [0.2, 0.25) is 5.02 Å². The van der Waals surface area contributed by atoms with Gasteiger partial charge in [0.2, 0.25) is 0 Å². The predicted molar refractivity (Wildman–Crippen MR) is 110 cm³/mol. The third-order valence-corrected chi connectivity index (χ3v) is 5.37. The fourth-order valence-electron chi connectivity index (χ4n) is 3.47. The summed E-state index contributed by atoms with van der Waals surface area (Å²) >= 11 is 6.19. The van der Waals surface area contributed by atoms with Gasteiger partial charge in [0, 0.05) is 22.8 Å². The van der Waals surface area contributed by atoms with Gasteiger partial charge in [0.05, 0.1) is 0 Å². The van der Waals surface area contributed by atoms with Gasteiger partial charge < -0.3 is 10.2 Å². The maximum Gasteiger partial charge on any atom is 0.255 e. The summed E-state index contributed by atoms with van der Waals surface area (Å²) in [5.74, 6) is -0.409. The molecule has 0 unspecified atom stereocenters. The molecule has 0 spiro atoms. The Morgan fingerprint density at radius 2 is 1.75 bits per heavy atom. The van der Waals surface area contributed by atoms with Crippen LogP contribution in [0.1, 0.15) is 33.1 Å². The van der Waals surface area contributed by atoms with Crippen molar-refractivity contribution in [2.24, 2.45) is 0 Å². The van der Waals surface area contributed by atoms with Gasteiger partial charge in [-0.1, -0.05) is 66.2 Å². The molecule has 0 fully saturated rings. The molecule has 1 N–H and O–H groups in total. The van der Waals surface area contributed by atoms with Crippen LogP contribution in [-0.4, -0.2) is 16.7 Å². The Morgan fingerprint density at radius 3 is 2.46 bits per heavy atom. The highest BCUT2D eigenvalue weighted by molar-refractivity contribution is 6.31. The molecule has 0 radical (unpaired) electrons. The molecule has 0 aliphatic carbocycles. The van der Waals surface area contributed by atoms with E-state index in [0.717, 1.165) is 16.7 Å². The minimum atomic E-state index is -0.735. The molecule has 140 valence electrons. The smallest absolute Gasteiger partial charge is 0.255 e. The predicted octanol–water partition coefficient (Wildman–Crippen LogP) is 4.98. The van der Waals surface area contributed by atoms with Gasteiger partial charge in [0.15, 0.2) is 0 Å². The summed E-state index contributed by atoms with van der Waals surface area (Å²) in [6, 6.07) is 21.5. The second-order valence-electron chi connectivity index (χ2n) is 6.86. The lowest BCUT2D eigenvalue weighted by atomic mass is 10.0. The van der Waals surface area contributed by atoms with Crippen molar-refractivity contribution in [1.82, 2.24) is 4.90 Å². The normalized spacial score (nSPS) is 13.9. The molecule has 1 aliphatic heterocycles. The topological polar surface area (TPSA) is 49.4 Å². The summed E-state index contributed by atoms with van der Waals surface area (Å²) < 4.78 is 0. The maximum absolute atomic E-state index is 13.2. The molecule has 5 heteroatoms. The van der Waals surface area contributed by atoms with E-state index in [9.17, 15) is 9.59 Å². The molecule has 1 aliphatic rings. The number of hydrogen-bond donors (Lipinski definition) is 1. The molecular weight excluding hydrogens is 372 g/mol. The SMILES string of the molecule is Cc1ccc(NC(=O)[C@@H](c2ccccc2)N2Cc3ccccc3C2=O)cc1Cl. The molecule has 4 nitrogen and oxygen atoms in total. The molecule has 1 atom stereocenters. The number of nitrogens with zero attached hydrogens (tertiary/aromatic N) is 1. The van der Waals surface area contributed by atoms with Crippen molar-refractivity contribution in [3.63, 3.8) is 0 Å². The molecule has 3 aromatic carbocycles. The van der Waals surface area contributed by atoms with Crippen LogP contribution < -0.4 is 5.32 Å². The second kappa shape index (κ2) is 7.49. The van der Waals surface area contributed by atoms with E-state index in [-0.39, 0.29) is 11.8 Å². The Hall–Kier alpha value is -3.11. The van der Waals surface area contributed by atoms with Crippen LogP contribution in [-0.2, 0) is 11.3 Å². The van der Waals surface area contributed by atoms with E-state index in [0.29, 0.717) is 22.8 Å². The number of aryl methyl sites for hydroxylation is 1. The fraction of sp³-hybridized carbons (Fsp3) is 0.130. The van der Waals surface area contributed by atoms with Crippen LogP contribution in [0.25, 0.3) is 0 Å². The molecule has 2 amide bonds. The van der Waals surface area contributed by atoms with Crippen molar-refractivity contribution in [1.29, 1.82) is 0 Å². The quantitative estimate of drug-likeness (QED) is 0.682. The third-order valence-electron chi connectivity index (χ3n) is 4.96. The van der Waals surface area contributed by atoms with Gasteiger partial charge in [-0.05, 0) is 41.8 Å². The number of benzene rings is 3. The molecule has 1 heterocycles. The number of amides is 2.